The molecular weight excluding hydrogens is 260 g/mol. The molecule has 0 spiro atoms. The molecule has 20 heavy (non-hydrogen) atoms. The van der Waals surface area contributed by atoms with Crippen LogP contribution in [0.3, 0.4) is 0 Å². The van der Waals surface area contributed by atoms with Crippen LogP contribution in [-0.2, 0) is 11.2 Å². The molecule has 1 rings (SSSR count). The highest BCUT2D eigenvalue weighted by Gasteiger charge is 2.32. The molecule has 6 heteroatoms. The third kappa shape index (κ3) is 4.95. The van der Waals surface area contributed by atoms with E-state index in [1.807, 2.05) is 13.0 Å². The molecular formula is C14H22N2O4. The van der Waals surface area contributed by atoms with Crippen LogP contribution in [0.4, 0.5) is 4.79 Å². The first-order chi connectivity index (χ1) is 9.20. The monoisotopic (exact) mass is 282 g/mol. The molecule has 3 N–H and O–H groups in total. The van der Waals surface area contributed by atoms with Crippen molar-refractivity contribution in [2.24, 2.45) is 5.41 Å². The average Bonchev–Trinajstić information content (AvgIpc) is 2.76. The number of rotatable bonds is 5. The maximum atomic E-state index is 11.8. The fourth-order valence-corrected chi connectivity index (χ4v) is 1.83. The van der Waals surface area contributed by atoms with Crippen molar-refractivity contribution < 1.29 is 19.1 Å². The lowest BCUT2D eigenvalue weighted by molar-refractivity contribution is -0.141. The number of urea groups is 1. The van der Waals surface area contributed by atoms with E-state index in [0.29, 0.717) is 6.42 Å². The molecule has 0 bridgehead atoms. The summed E-state index contributed by atoms with van der Waals surface area (Å²) in [6, 6.07) is 2.01. The maximum absolute atomic E-state index is 11.8. The molecule has 1 heterocycles. The van der Waals surface area contributed by atoms with E-state index in [2.05, 4.69) is 10.6 Å². The van der Waals surface area contributed by atoms with Gasteiger partial charge < -0.3 is 20.2 Å². The molecule has 0 saturated heterocycles. The van der Waals surface area contributed by atoms with Crippen LogP contribution < -0.4 is 10.6 Å². The van der Waals surface area contributed by atoms with Gasteiger partial charge in [-0.1, -0.05) is 20.8 Å². The second-order valence-electron chi connectivity index (χ2n) is 5.94. The van der Waals surface area contributed by atoms with Gasteiger partial charge in [0.25, 0.3) is 0 Å². The molecule has 0 aliphatic carbocycles. The van der Waals surface area contributed by atoms with Crippen LogP contribution in [0.1, 0.15) is 33.5 Å². The summed E-state index contributed by atoms with van der Waals surface area (Å²) in [5.41, 5.74) is -0.562. The molecule has 0 aliphatic rings. The summed E-state index contributed by atoms with van der Waals surface area (Å²) in [6.07, 6.45) is 2.12. The Morgan fingerprint density at radius 3 is 2.45 bits per heavy atom. The topological polar surface area (TPSA) is 91.6 Å². The zero-order chi connectivity index (χ0) is 15.3. The van der Waals surface area contributed by atoms with Gasteiger partial charge in [-0.3, -0.25) is 0 Å². The van der Waals surface area contributed by atoms with Crippen molar-refractivity contribution in [1.82, 2.24) is 10.6 Å². The van der Waals surface area contributed by atoms with Crippen LogP contribution >= 0.6 is 0 Å². The zero-order valence-electron chi connectivity index (χ0n) is 12.3. The molecule has 0 aliphatic heterocycles. The summed E-state index contributed by atoms with van der Waals surface area (Å²) in [6.45, 7) is 7.12. The van der Waals surface area contributed by atoms with Gasteiger partial charge in [0.05, 0.1) is 6.26 Å². The minimum Gasteiger partial charge on any atom is -0.480 e. The Bertz CT molecular complexity index is 448. The number of hydrogen-bond donors (Lipinski definition) is 3. The van der Waals surface area contributed by atoms with E-state index in [1.165, 1.54) is 0 Å². The van der Waals surface area contributed by atoms with Crippen molar-refractivity contribution in [3.8, 4) is 0 Å². The van der Waals surface area contributed by atoms with Gasteiger partial charge in [0.1, 0.15) is 11.8 Å². The number of aliphatic carboxylic acids is 1. The Morgan fingerprint density at radius 1 is 1.35 bits per heavy atom. The first-order valence-corrected chi connectivity index (χ1v) is 6.52. The van der Waals surface area contributed by atoms with E-state index in [1.54, 1.807) is 33.1 Å². The second kappa shape index (κ2) is 6.45. The van der Waals surface area contributed by atoms with Gasteiger partial charge >= 0.3 is 12.0 Å². The number of carbonyl (C=O) groups excluding carboxylic acids is 1. The number of carbonyl (C=O) groups is 2. The van der Waals surface area contributed by atoms with E-state index < -0.39 is 23.5 Å². The molecule has 1 aromatic rings. The van der Waals surface area contributed by atoms with Gasteiger partial charge in [0.2, 0.25) is 0 Å². The number of amides is 2. The molecule has 0 radical (unpaired) electrons. The highest BCUT2D eigenvalue weighted by Crippen LogP contribution is 2.19. The Morgan fingerprint density at radius 2 is 2.00 bits per heavy atom. The van der Waals surface area contributed by atoms with E-state index >= 15 is 0 Å². The summed E-state index contributed by atoms with van der Waals surface area (Å²) in [5, 5.41) is 14.3. The number of furan rings is 1. The Balaban J connectivity index is 2.51. The number of carboxylic acids is 1. The molecule has 1 unspecified atom stereocenters. The smallest absolute Gasteiger partial charge is 0.326 e. The molecule has 2 atom stereocenters. The number of hydrogen-bond acceptors (Lipinski definition) is 3. The zero-order valence-corrected chi connectivity index (χ0v) is 12.3. The average molecular weight is 282 g/mol. The van der Waals surface area contributed by atoms with Crippen molar-refractivity contribution in [3.05, 3.63) is 24.2 Å². The van der Waals surface area contributed by atoms with Gasteiger partial charge in [0, 0.05) is 12.5 Å². The largest absolute Gasteiger partial charge is 0.480 e. The van der Waals surface area contributed by atoms with Crippen LogP contribution in [-0.4, -0.2) is 29.2 Å². The molecule has 0 saturated carbocycles. The summed E-state index contributed by atoms with van der Waals surface area (Å²) < 4.78 is 5.19. The van der Waals surface area contributed by atoms with E-state index in [4.69, 9.17) is 9.52 Å². The summed E-state index contributed by atoms with van der Waals surface area (Å²) in [4.78, 5) is 23.0. The highest BCUT2D eigenvalue weighted by molar-refractivity contribution is 5.83. The van der Waals surface area contributed by atoms with E-state index in [-0.39, 0.29) is 6.04 Å². The van der Waals surface area contributed by atoms with Gasteiger partial charge in [-0.05, 0) is 24.5 Å². The first-order valence-electron chi connectivity index (χ1n) is 6.52. The van der Waals surface area contributed by atoms with Crippen molar-refractivity contribution in [2.45, 2.75) is 46.2 Å². The van der Waals surface area contributed by atoms with Gasteiger partial charge in [-0.15, -0.1) is 0 Å². The van der Waals surface area contributed by atoms with E-state index in [9.17, 15) is 9.59 Å². The summed E-state index contributed by atoms with van der Waals surface area (Å²) in [5.74, 6) is -0.283. The lowest BCUT2D eigenvalue weighted by atomic mass is 9.87. The van der Waals surface area contributed by atoms with Crippen LogP contribution in [0.25, 0.3) is 0 Å². The van der Waals surface area contributed by atoms with Gasteiger partial charge in [0.15, 0.2) is 0 Å². The number of nitrogens with one attached hydrogen (secondary N) is 2. The fraction of sp³-hybridized carbons (Fsp3) is 0.571. The molecule has 112 valence electrons. The SMILES string of the molecule is CC(Cc1ccco1)NC(=O)N[C@@H](C(=O)O)C(C)(C)C. The van der Waals surface area contributed by atoms with Crippen molar-refractivity contribution in [2.75, 3.05) is 0 Å². The second-order valence-corrected chi connectivity index (χ2v) is 5.94. The molecule has 6 nitrogen and oxygen atoms in total. The van der Waals surface area contributed by atoms with Gasteiger partial charge in [-0.2, -0.15) is 0 Å². The quantitative estimate of drug-likeness (QED) is 0.770. The van der Waals surface area contributed by atoms with Crippen LogP contribution in [0.5, 0.6) is 0 Å². The third-order valence-electron chi connectivity index (χ3n) is 2.85. The van der Waals surface area contributed by atoms with Crippen molar-refractivity contribution in [1.29, 1.82) is 0 Å². The van der Waals surface area contributed by atoms with Crippen LogP contribution in [0.2, 0.25) is 0 Å². The van der Waals surface area contributed by atoms with Crippen LogP contribution in [0.15, 0.2) is 22.8 Å². The number of carboxylic acid groups (broad SMARTS) is 1. The highest BCUT2D eigenvalue weighted by atomic mass is 16.4. The molecule has 0 fully saturated rings. The fourth-order valence-electron chi connectivity index (χ4n) is 1.83. The normalized spacial score (nSPS) is 14.4. The molecule has 1 aromatic heterocycles. The molecule has 0 aromatic carbocycles. The molecule has 2 amide bonds. The predicted octanol–water partition coefficient (Wildman–Crippen LogP) is 2.01. The van der Waals surface area contributed by atoms with Crippen molar-refractivity contribution in [3.63, 3.8) is 0 Å². The Kier molecular flexibility index (Phi) is 5.19. The Hall–Kier alpha value is -1.98. The summed E-state index contributed by atoms with van der Waals surface area (Å²) in [7, 11) is 0. The lowest BCUT2D eigenvalue weighted by Crippen LogP contribution is -2.53. The third-order valence-corrected chi connectivity index (χ3v) is 2.85. The van der Waals surface area contributed by atoms with E-state index in [0.717, 1.165) is 5.76 Å². The van der Waals surface area contributed by atoms with Gasteiger partial charge in [-0.25, -0.2) is 9.59 Å². The maximum Gasteiger partial charge on any atom is 0.326 e. The lowest BCUT2D eigenvalue weighted by Gasteiger charge is -2.28. The minimum absolute atomic E-state index is 0.157. The standard InChI is InChI=1S/C14H22N2O4/c1-9(8-10-6-5-7-20-10)15-13(19)16-11(12(17)18)14(2,3)4/h5-7,9,11H,8H2,1-4H3,(H,17,18)(H2,15,16,19)/t9?,11-/m0/s1. The Labute approximate surface area is 118 Å². The van der Waals surface area contributed by atoms with Crippen molar-refractivity contribution >= 4 is 12.0 Å². The first kappa shape index (κ1) is 16.1. The van der Waals surface area contributed by atoms with Crippen LogP contribution in [0, 0.1) is 5.41 Å². The minimum atomic E-state index is -1.05. The summed E-state index contributed by atoms with van der Waals surface area (Å²) >= 11 is 0. The predicted molar refractivity (Wildman–Crippen MR) is 74.4 cm³/mol.